The van der Waals surface area contributed by atoms with E-state index in [4.69, 9.17) is 5.26 Å². The number of amides is 1. The van der Waals surface area contributed by atoms with Crippen LogP contribution in [0.25, 0.3) is 0 Å². The summed E-state index contributed by atoms with van der Waals surface area (Å²) in [5, 5.41) is 8.64. The fourth-order valence-corrected chi connectivity index (χ4v) is 1.93. The summed E-state index contributed by atoms with van der Waals surface area (Å²) in [6.07, 6.45) is 0.754. The average molecular weight is 299 g/mol. The van der Waals surface area contributed by atoms with Gasteiger partial charge in [0.1, 0.15) is 12.4 Å². The van der Waals surface area contributed by atoms with Crippen molar-refractivity contribution in [2.45, 2.75) is 13.3 Å². The van der Waals surface area contributed by atoms with Crippen molar-refractivity contribution in [1.29, 1.82) is 5.26 Å². The first kappa shape index (κ1) is 13.7. The van der Waals surface area contributed by atoms with Crippen LogP contribution in [0.15, 0.2) is 22.7 Å². The molecule has 1 aromatic carbocycles. The van der Waals surface area contributed by atoms with Crippen LogP contribution in [-0.4, -0.2) is 23.9 Å². The Kier molecular flexibility index (Phi) is 5.11. The molecule has 0 radical (unpaired) electrons. The van der Waals surface area contributed by atoms with E-state index in [1.54, 1.807) is 6.07 Å². The summed E-state index contributed by atoms with van der Waals surface area (Å²) in [4.78, 5) is 13.4. The third kappa shape index (κ3) is 3.82. The summed E-state index contributed by atoms with van der Waals surface area (Å²) in [5.41, 5.74) is 0.251. The average Bonchev–Trinajstić information content (AvgIpc) is 2.26. The second-order valence-electron chi connectivity index (χ2n) is 3.54. The van der Waals surface area contributed by atoms with Gasteiger partial charge >= 0.3 is 0 Å². The smallest absolute Gasteiger partial charge is 0.254 e. The number of carbonyl (C=O) groups excluding carboxylic acids is 1. The van der Waals surface area contributed by atoms with Crippen LogP contribution in [0.4, 0.5) is 4.39 Å². The van der Waals surface area contributed by atoms with Crippen LogP contribution < -0.4 is 0 Å². The Morgan fingerprint density at radius 2 is 2.24 bits per heavy atom. The lowest BCUT2D eigenvalue weighted by molar-refractivity contribution is 0.0775. The Hall–Kier alpha value is -1.41. The molecule has 0 unspecified atom stereocenters. The molecule has 0 N–H and O–H groups in total. The van der Waals surface area contributed by atoms with Crippen molar-refractivity contribution in [3.05, 3.63) is 34.1 Å². The summed E-state index contributed by atoms with van der Waals surface area (Å²) in [6.45, 7) is 2.42. The molecule has 0 heterocycles. The lowest BCUT2D eigenvalue weighted by Gasteiger charge is -2.18. The van der Waals surface area contributed by atoms with Gasteiger partial charge in [0.2, 0.25) is 0 Å². The molecule has 1 aromatic rings. The normalized spacial score (nSPS) is 9.76. The number of hydrogen-bond donors (Lipinski definition) is 0. The van der Waals surface area contributed by atoms with Gasteiger partial charge in [-0.2, -0.15) is 5.26 Å². The molecular formula is C12H12BrFN2O. The Morgan fingerprint density at radius 1 is 1.53 bits per heavy atom. The predicted octanol–water partition coefficient (Wildman–Crippen LogP) is 2.96. The molecule has 0 fully saturated rings. The molecular weight excluding hydrogens is 287 g/mol. The standard InChI is InChI=1S/C12H12BrFN2O/c1-2-4-16(5-3-15)12(17)9-6-10(13)8-11(14)7-9/h6-8H,2,4-5H2,1H3. The molecule has 0 saturated carbocycles. The fraction of sp³-hybridized carbons (Fsp3) is 0.333. The highest BCUT2D eigenvalue weighted by Crippen LogP contribution is 2.16. The Bertz CT molecular complexity index is 436. The molecule has 0 aliphatic carbocycles. The lowest BCUT2D eigenvalue weighted by atomic mass is 10.2. The van der Waals surface area contributed by atoms with Gasteiger partial charge in [-0.3, -0.25) is 4.79 Å². The third-order valence-corrected chi connectivity index (χ3v) is 2.61. The molecule has 0 aliphatic heterocycles. The molecule has 1 rings (SSSR count). The van der Waals surface area contributed by atoms with E-state index in [0.717, 1.165) is 6.42 Å². The zero-order chi connectivity index (χ0) is 12.8. The van der Waals surface area contributed by atoms with E-state index in [1.807, 2.05) is 13.0 Å². The van der Waals surface area contributed by atoms with Crippen LogP contribution in [0.1, 0.15) is 23.7 Å². The zero-order valence-electron chi connectivity index (χ0n) is 9.41. The minimum Gasteiger partial charge on any atom is -0.325 e. The Balaban J connectivity index is 2.96. The van der Waals surface area contributed by atoms with Crippen LogP contribution in [0.3, 0.4) is 0 Å². The van der Waals surface area contributed by atoms with Crippen LogP contribution >= 0.6 is 15.9 Å². The quantitative estimate of drug-likeness (QED) is 0.802. The second kappa shape index (κ2) is 6.36. The molecule has 3 nitrogen and oxygen atoms in total. The predicted molar refractivity (Wildman–Crippen MR) is 65.9 cm³/mol. The maximum absolute atomic E-state index is 13.2. The molecule has 1 amide bonds. The number of rotatable bonds is 4. The van der Waals surface area contributed by atoms with Crippen molar-refractivity contribution in [3.8, 4) is 6.07 Å². The molecule has 0 atom stereocenters. The molecule has 17 heavy (non-hydrogen) atoms. The number of hydrogen-bond acceptors (Lipinski definition) is 2. The van der Waals surface area contributed by atoms with Gasteiger partial charge in [-0.1, -0.05) is 22.9 Å². The zero-order valence-corrected chi connectivity index (χ0v) is 11.0. The van der Waals surface area contributed by atoms with E-state index >= 15 is 0 Å². The second-order valence-corrected chi connectivity index (χ2v) is 4.46. The van der Waals surface area contributed by atoms with Gasteiger partial charge in [-0.15, -0.1) is 0 Å². The summed E-state index contributed by atoms with van der Waals surface area (Å²) in [5.74, 6) is -0.801. The maximum Gasteiger partial charge on any atom is 0.254 e. The van der Waals surface area contributed by atoms with Crippen molar-refractivity contribution in [2.24, 2.45) is 0 Å². The highest BCUT2D eigenvalue weighted by Gasteiger charge is 2.15. The van der Waals surface area contributed by atoms with E-state index < -0.39 is 5.82 Å². The number of nitrogens with zero attached hydrogens (tertiary/aromatic N) is 2. The Labute approximate surface area is 108 Å². The van der Waals surface area contributed by atoms with E-state index in [9.17, 15) is 9.18 Å². The third-order valence-electron chi connectivity index (χ3n) is 2.15. The molecule has 90 valence electrons. The molecule has 0 aliphatic rings. The van der Waals surface area contributed by atoms with Crippen molar-refractivity contribution in [2.75, 3.05) is 13.1 Å². The van der Waals surface area contributed by atoms with Crippen molar-refractivity contribution in [1.82, 2.24) is 4.90 Å². The number of carbonyl (C=O) groups is 1. The van der Waals surface area contributed by atoms with Crippen molar-refractivity contribution >= 4 is 21.8 Å². The number of benzene rings is 1. The first-order valence-electron chi connectivity index (χ1n) is 5.20. The minimum atomic E-state index is -0.476. The summed E-state index contributed by atoms with van der Waals surface area (Å²) >= 11 is 3.13. The largest absolute Gasteiger partial charge is 0.325 e. The van der Waals surface area contributed by atoms with Crippen LogP contribution in [-0.2, 0) is 0 Å². The van der Waals surface area contributed by atoms with Gasteiger partial charge in [0.05, 0.1) is 6.07 Å². The molecule has 0 saturated heterocycles. The van der Waals surface area contributed by atoms with Crippen LogP contribution in [0.2, 0.25) is 0 Å². The SMILES string of the molecule is CCCN(CC#N)C(=O)c1cc(F)cc(Br)c1. The van der Waals surface area contributed by atoms with Gasteiger partial charge in [0, 0.05) is 16.6 Å². The van der Waals surface area contributed by atoms with Crippen LogP contribution in [0, 0.1) is 17.1 Å². The monoisotopic (exact) mass is 298 g/mol. The van der Waals surface area contributed by atoms with Gasteiger partial charge in [-0.25, -0.2) is 4.39 Å². The number of nitriles is 1. The first-order valence-corrected chi connectivity index (χ1v) is 6.00. The topological polar surface area (TPSA) is 44.1 Å². The fourth-order valence-electron chi connectivity index (χ4n) is 1.47. The van der Waals surface area contributed by atoms with Gasteiger partial charge in [-0.05, 0) is 24.6 Å². The van der Waals surface area contributed by atoms with E-state index in [1.165, 1.54) is 17.0 Å². The van der Waals surface area contributed by atoms with Gasteiger partial charge in [0.15, 0.2) is 0 Å². The number of halogens is 2. The van der Waals surface area contributed by atoms with Gasteiger partial charge < -0.3 is 4.90 Å². The molecule has 0 bridgehead atoms. The van der Waals surface area contributed by atoms with Crippen molar-refractivity contribution in [3.63, 3.8) is 0 Å². The van der Waals surface area contributed by atoms with Crippen LogP contribution in [0.5, 0.6) is 0 Å². The maximum atomic E-state index is 13.2. The van der Waals surface area contributed by atoms with Gasteiger partial charge in [0.25, 0.3) is 5.91 Å². The molecule has 0 aromatic heterocycles. The van der Waals surface area contributed by atoms with Crippen molar-refractivity contribution < 1.29 is 9.18 Å². The summed E-state index contributed by atoms with van der Waals surface area (Å²) < 4.78 is 13.7. The summed E-state index contributed by atoms with van der Waals surface area (Å²) in [6, 6.07) is 5.94. The van der Waals surface area contributed by atoms with E-state index in [2.05, 4.69) is 15.9 Å². The highest BCUT2D eigenvalue weighted by atomic mass is 79.9. The Morgan fingerprint density at radius 3 is 2.76 bits per heavy atom. The molecule has 0 spiro atoms. The highest BCUT2D eigenvalue weighted by molar-refractivity contribution is 9.10. The summed E-state index contributed by atoms with van der Waals surface area (Å²) in [7, 11) is 0. The van der Waals surface area contributed by atoms with E-state index in [0.29, 0.717) is 11.0 Å². The van der Waals surface area contributed by atoms with E-state index in [-0.39, 0.29) is 18.0 Å². The first-order chi connectivity index (χ1) is 8.08. The lowest BCUT2D eigenvalue weighted by Crippen LogP contribution is -2.32. The molecule has 5 heteroatoms. The minimum absolute atomic E-state index is 0.0147.